The summed E-state index contributed by atoms with van der Waals surface area (Å²) in [6, 6.07) is 4.30. The van der Waals surface area contributed by atoms with Crippen molar-refractivity contribution in [3.8, 4) is 0 Å². The summed E-state index contributed by atoms with van der Waals surface area (Å²) >= 11 is 0. The lowest BCUT2D eigenvalue weighted by molar-refractivity contribution is 0.0945. The Labute approximate surface area is 130 Å². The Morgan fingerprint density at radius 3 is 2.45 bits per heavy atom. The molecule has 2 aromatic rings. The Morgan fingerprint density at radius 2 is 1.95 bits per heavy atom. The van der Waals surface area contributed by atoms with Gasteiger partial charge in [0.25, 0.3) is 5.91 Å². The second-order valence-electron chi connectivity index (χ2n) is 5.77. The van der Waals surface area contributed by atoms with Crippen molar-refractivity contribution in [2.24, 2.45) is 5.73 Å². The molecular weight excluding hydrogens is 278 g/mol. The van der Waals surface area contributed by atoms with E-state index in [1.807, 2.05) is 27.7 Å². The van der Waals surface area contributed by atoms with Crippen molar-refractivity contribution in [2.45, 2.75) is 46.8 Å². The smallest absolute Gasteiger partial charge is 0.273 e. The minimum absolute atomic E-state index is 0.183. The number of hydrogen-bond acceptors (Lipinski definition) is 4. The molecule has 0 saturated heterocycles. The van der Waals surface area contributed by atoms with E-state index >= 15 is 0 Å². The molecule has 3 N–H and O–H groups in total. The van der Waals surface area contributed by atoms with Gasteiger partial charge in [0.1, 0.15) is 0 Å². The third-order valence-electron chi connectivity index (χ3n) is 3.69. The van der Waals surface area contributed by atoms with Crippen molar-refractivity contribution in [1.82, 2.24) is 20.3 Å². The number of aromatic nitrogens is 3. The minimum Gasteiger partial charge on any atom is -0.346 e. The predicted octanol–water partition coefficient (Wildman–Crippen LogP) is 1.86. The SMILES string of the molecule is Cc1cc(CN)cc(C)c1CNC(=O)c1cn(C(C)C)nn1. The van der Waals surface area contributed by atoms with Crippen LogP contribution in [0.5, 0.6) is 0 Å². The number of benzene rings is 1. The van der Waals surface area contributed by atoms with Crippen LogP contribution in [0, 0.1) is 13.8 Å². The molecule has 0 unspecified atom stereocenters. The van der Waals surface area contributed by atoms with Crippen LogP contribution in [0.25, 0.3) is 0 Å². The van der Waals surface area contributed by atoms with Crippen LogP contribution in [0.2, 0.25) is 0 Å². The predicted molar refractivity (Wildman–Crippen MR) is 85.4 cm³/mol. The van der Waals surface area contributed by atoms with Crippen molar-refractivity contribution < 1.29 is 4.79 Å². The number of aryl methyl sites for hydroxylation is 2. The maximum absolute atomic E-state index is 12.2. The molecule has 0 spiro atoms. The molecule has 6 nitrogen and oxygen atoms in total. The topological polar surface area (TPSA) is 85.8 Å². The van der Waals surface area contributed by atoms with Gasteiger partial charge in [-0.1, -0.05) is 17.3 Å². The van der Waals surface area contributed by atoms with E-state index in [4.69, 9.17) is 5.73 Å². The van der Waals surface area contributed by atoms with Gasteiger partial charge in [0.05, 0.1) is 6.20 Å². The molecule has 6 heteroatoms. The van der Waals surface area contributed by atoms with Gasteiger partial charge in [-0.2, -0.15) is 0 Å². The molecule has 0 aliphatic rings. The lowest BCUT2D eigenvalue weighted by atomic mass is 9.99. The lowest BCUT2D eigenvalue weighted by Crippen LogP contribution is -2.24. The summed E-state index contributed by atoms with van der Waals surface area (Å²) < 4.78 is 1.67. The molecule has 0 bridgehead atoms. The van der Waals surface area contributed by atoms with E-state index in [0.717, 1.165) is 22.3 Å². The molecule has 0 radical (unpaired) electrons. The molecule has 1 aromatic heterocycles. The van der Waals surface area contributed by atoms with Gasteiger partial charge >= 0.3 is 0 Å². The largest absolute Gasteiger partial charge is 0.346 e. The van der Waals surface area contributed by atoms with Gasteiger partial charge in [-0.25, -0.2) is 4.68 Å². The Hall–Kier alpha value is -2.21. The number of carbonyl (C=O) groups excluding carboxylic acids is 1. The molecule has 0 aliphatic carbocycles. The van der Waals surface area contributed by atoms with Crippen molar-refractivity contribution in [2.75, 3.05) is 0 Å². The molecule has 22 heavy (non-hydrogen) atoms. The summed E-state index contributed by atoms with van der Waals surface area (Å²) in [5, 5.41) is 10.7. The van der Waals surface area contributed by atoms with E-state index in [0.29, 0.717) is 18.8 Å². The molecule has 1 heterocycles. The minimum atomic E-state index is -0.214. The van der Waals surface area contributed by atoms with Crippen molar-refractivity contribution in [3.05, 3.63) is 46.3 Å². The van der Waals surface area contributed by atoms with Crippen LogP contribution in [0.1, 0.15) is 52.6 Å². The number of hydrogen-bond donors (Lipinski definition) is 2. The van der Waals surface area contributed by atoms with E-state index in [2.05, 4.69) is 27.8 Å². The molecule has 0 saturated carbocycles. The zero-order valence-corrected chi connectivity index (χ0v) is 13.6. The molecule has 1 amide bonds. The summed E-state index contributed by atoms with van der Waals surface area (Å²) in [7, 11) is 0. The first-order valence-corrected chi connectivity index (χ1v) is 7.41. The van der Waals surface area contributed by atoms with Crippen molar-refractivity contribution in [3.63, 3.8) is 0 Å². The van der Waals surface area contributed by atoms with E-state index in [-0.39, 0.29) is 11.9 Å². The third kappa shape index (κ3) is 3.51. The van der Waals surface area contributed by atoms with Gasteiger partial charge in [-0.3, -0.25) is 4.79 Å². The maximum Gasteiger partial charge on any atom is 0.273 e. The van der Waals surface area contributed by atoms with Crippen LogP contribution in [0.4, 0.5) is 0 Å². The molecule has 2 rings (SSSR count). The number of nitrogens with zero attached hydrogens (tertiary/aromatic N) is 3. The molecule has 0 atom stereocenters. The number of amides is 1. The summed E-state index contributed by atoms with van der Waals surface area (Å²) in [6.07, 6.45) is 1.66. The van der Waals surface area contributed by atoms with Gasteiger partial charge in [-0.15, -0.1) is 5.10 Å². The first-order valence-electron chi connectivity index (χ1n) is 7.41. The summed E-state index contributed by atoms with van der Waals surface area (Å²) in [5.74, 6) is -0.214. The molecule has 1 aromatic carbocycles. The monoisotopic (exact) mass is 301 g/mol. The fourth-order valence-electron chi connectivity index (χ4n) is 2.37. The van der Waals surface area contributed by atoms with E-state index in [9.17, 15) is 4.79 Å². The van der Waals surface area contributed by atoms with Crippen LogP contribution in [0.3, 0.4) is 0 Å². The van der Waals surface area contributed by atoms with Crippen LogP contribution < -0.4 is 11.1 Å². The first-order chi connectivity index (χ1) is 10.4. The Bertz CT molecular complexity index is 652. The molecule has 0 fully saturated rings. The zero-order chi connectivity index (χ0) is 16.3. The van der Waals surface area contributed by atoms with E-state index in [1.165, 1.54) is 0 Å². The highest BCUT2D eigenvalue weighted by Gasteiger charge is 2.13. The number of nitrogens with two attached hydrogens (primary N) is 1. The fraction of sp³-hybridized carbons (Fsp3) is 0.438. The van der Waals surface area contributed by atoms with Crippen LogP contribution in [0.15, 0.2) is 18.3 Å². The molecule has 118 valence electrons. The van der Waals surface area contributed by atoms with Gasteiger partial charge in [0.15, 0.2) is 5.69 Å². The van der Waals surface area contributed by atoms with Gasteiger partial charge < -0.3 is 11.1 Å². The number of rotatable bonds is 5. The highest BCUT2D eigenvalue weighted by atomic mass is 16.2. The van der Waals surface area contributed by atoms with Crippen LogP contribution in [-0.4, -0.2) is 20.9 Å². The van der Waals surface area contributed by atoms with E-state index in [1.54, 1.807) is 10.9 Å². The van der Waals surface area contributed by atoms with Crippen LogP contribution in [-0.2, 0) is 13.1 Å². The lowest BCUT2D eigenvalue weighted by Gasteiger charge is -2.12. The Morgan fingerprint density at radius 1 is 1.32 bits per heavy atom. The fourth-order valence-corrected chi connectivity index (χ4v) is 2.37. The summed E-state index contributed by atoms with van der Waals surface area (Å²) in [6.45, 7) is 9.03. The molecular formula is C16H23N5O. The van der Waals surface area contributed by atoms with Gasteiger partial charge in [0, 0.05) is 19.1 Å². The Kier molecular flexibility index (Phi) is 4.92. The van der Waals surface area contributed by atoms with Crippen LogP contribution >= 0.6 is 0 Å². The van der Waals surface area contributed by atoms with Gasteiger partial charge in [-0.05, 0) is 49.9 Å². The quantitative estimate of drug-likeness (QED) is 0.882. The number of carbonyl (C=O) groups is 1. The standard InChI is InChI=1S/C16H23N5O/c1-10(2)21-9-15(19-20-21)16(22)18-8-14-11(3)5-13(7-17)6-12(14)4/h5-6,9-10H,7-8,17H2,1-4H3,(H,18,22). The van der Waals surface area contributed by atoms with Gasteiger partial charge in [0.2, 0.25) is 0 Å². The normalized spacial score (nSPS) is 11.0. The highest BCUT2D eigenvalue weighted by Crippen LogP contribution is 2.16. The molecule has 0 aliphatic heterocycles. The summed E-state index contributed by atoms with van der Waals surface area (Å²) in [4.78, 5) is 12.2. The summed E-state index contributed by atoms with van der Waals surface area (Å²) in [5.41, 5.74) is 10.5. The van der Waals surface area contributed by atoms with Crippen molar-refractivity contribution in [1.29, 1.82) is 0 Å². The first kappa shape index (κ1) is 16.2. The second kappa shape index (κ2) is 6.70. The maximum atomic E-state index is 12.2. The number of nitrogens with one attached hydrogen (secondary N) is 1. The van der Waals surface area contributed by atoms with Crippen molar-refractivity contribution >= 4 is 5.91 Å². The second-order valence-corrected chi connectivity index (χ2v) is 5.77. The Balaban J connectivity index is 2.07. The highest BCUT2D eigenvalue weighted by molar-refractivity contribution is 5.91. The zero-order valence-electron chi connectivity index (χ0n) is 13.6. The van der Waals surface area contributed by atoms with E-state index < -0.39 is 0 Å². The average Bonchev–Trinajstić information content (AvgIpc) is 2.96. The third-order valence-corrected chi connectivity index (χ3v) is 3.69. The average molecular weight is 301 g/mol.